The molecule has 0 unspecified atom stereocenters. The highest BCUT2D eigenvalue weighted by atomic mass is 16.5. The number of fused-ring (bicyclic) bond motifs is 1. The standard InChI is InChI=1S/C18H19N3O/c1-2-22-12-13-8-15-6-5-14(16-4-3-7-20-11-16)10-17(15)21-18(19)9-13/h3-8,10-11H,2,9,12H2,1H3,(H2,19,21). The second-order valence-corrected chi connectivity index (χ2v) is 5.23. The van der Waals surface area contributed by atoms with E-state index in [-0.39, 0.29) is 0 Å². The van der Waals surface area contributed by atoms with Gasteiger partial charge in [-0.25, -0.2) is 4.99 Å². The number of benzene rings is 1. The van der Waals surface area contributed by atoms with Crippen molar-refractivity contribution in [2.24, 2.45) is 10.7 Å². The van der Waals surface area contributed by atoms with Gasteiger partial charge < -0.3 is 10.5 Å². The lowest BCUT2D eigenvalue weighted by Gasteiger charge is -2.06. The molecule has 0 radical (unpaired) electrons. The molecular formula is C18H19N3O. The third kappa shape index (κ3) is 3.23. The molecule has 4 heteroatoms. The molecule has 3 rings (SSSR count). The first kappa shape index (κ1) is 14.5. The van der Waals surface area contributed by atoms with Gasteiger partial charge in [0, 0.05) is 36.5 Å². The third-order valence-electron chi connectivity index (χ3n) is 3.55. The lowest BCUT2D eigenvalue weighted by molar-refractivity contribution is 0.170. The fourth-order valence-corrected chi connectivity index (χ4v) is 2.50. The molecule has 0 bridgehead atoms. The zero-order valence-corrected chi connectivity index (χ0v) is 12.6. The maximum atomic E-state index is 6.04. The first-order chi connectivity index (χ1) is 10.8. The van der Waals surface area contributed by atoms with Crippen LogP contribution in [0.3, 0.4) is 0 Å². The second kappa shape index (κ2) is 6.54. The van der Waals surface area contributed by atoms with Gasteiger partial charge in [0.25, 0.3) is 0 Å². The van der Waals surface area contributed by atoms with E-state index in [9.17, 15) is 0 Å². The number of aliphatic imine (C=N–C) groups is 1. The zero-order chi connectivity index (χ0) is 15.4. The number of ether oxygens (including phenoxy) is 1. The van der Waals surface area contributed by atoms with E-state index in [4.69, 9.17) is 10.5 Å². The Hall–Kier alpha value is -2.46. The molecule has 0 aliphatic carbocycles. The molecule has 1 aliphatic rings. The van der Waals surface area contributed by atoms with Crippen LogP contribution in [0.15, 0.2) is 53.3 Å². The summed E-state index contributed by atoms with van der Waals surface area (Å²) in [5.74, 6) is 0.619. The number of hydrogen-bond donors (Lipinski definition) is 1. The van der Waals surface area contributed by atoms with Gasteiger partial charge >= 0.3 is 0 Å². The maximum absolute atomic E-state index is 6.04. The Kier molecular flexibility index (Phi) is 4.30. The molecule has 1 aliphatic heterocycles. The van der Waals surface area contributed by atoms with Crippen LogP contribution in [0.4, 0.5) is 5.69 Å². The minimum Gasteiger partial charge on any atom is -0.387 e. The fourth-order valence-electron chi connectivity index (χ4n) is 2.50. The van der Waals surface area contributed by atoms with Crippen LogP contribution in [0, 0.1) is 0 Å². The zero-order valence-electron chi connectivity index (χ0n) is 12.6. The highest BCUT2D eigenvalue weighted by Crippen LogP contribution is 2.31. The van der Waals surface area contributed by atoms with Crippen LogP contribution in [-0.4, -0.2) is 24.0 Å². The van der Waals surface area contributed by atoms with Crippen molar-refractivity contribution in [2.75, 3.05) is 13.2 Å². The van der Waals surface area contributed by atoms with Gasteiger partial charge in [-0.15, -0.1) is 0 Å². The quantitative estimate of drug-likeness (QED) is 0.937. The summed E-state index contributed by atoms with van der Waals surface area (Å²) in [5.41, 5.74) is 11.3. The van der Waals surface area contributed by atoms with Crippen molar-refractivity contribution in [2.45, 2.75) is 13.3 Å². The summed E-state index contributed by atoms with van der Waals surface area (Å²) in [6.07, 6.45) is 6.39. The molecule has 4 nitrogen and oxygen atoms in total. The summed E-state index contributed by atoms with van der Waals surface area (Å²) in [4.78, 5) is 8.71. The monoisotopic (exact) mass is 293 g/mol. The summed E-state index contributed by atoms with van der Waals surface area (Å²) < 4.78 is 5.50. The molecular weight excluding hydrogens is 274 g/mol. The van der Waals surface area contributed by atoms with E-state index < -0.39 is 0 Å². The van der Waals surface area contributed by atoms with Gasteiger partial charge in [0.2, 0.25) is 0 Å². The Balaban J connectivity index is 1.99. The number of aromatic nitrogens is 1. The number of nitrogens with two attached hydrogens (primary N) is 1. The summed E-state index contributed by atoms with van der Waals surface area (Å²) in [5, 5.41) is 0. The Labute approximate surface area is 130 Å². The SMILES string of the molecule is CCOCC1=Cc2ccc(-c3cccnc3)cc2N=C(N)C1. The van der Waals surface area contributed by atoms with E-state index in [0.29, 0.717) is 25.5 Å². The molecule has 2 N–H and O–H groups in total. The van der Waals surface area contributed by atoms with Crippen LogP contribution in [0.1, 0.15) is 18.9 Å². The van der Waals surface area contributed by atoms with Crippen molar-refractivity contribution in [3.8, 4) is 11.1 Å². The van der Waals surface area contributed by atoms with Gasteiger partial charge in [-0.3, -0.25) is 4.98 Å². The van der Waals surface area contributed by atoms with E-state index in [1.54, 1.807) is 6.20 Å². The van der Waals surface area contributed by atoms with E-state index in [1.807, 2.05) is 25.3 Å². The smallest absolute Gasteiger partial charge is 0.104 e. The molecule has 22 heavy (non-hydrogen) atoms. The van der Waals surface area contributed by atoms with Gasteiger partial charge in [-0.05, 0) is 30.2 Å². The number of nitrogens with zero attached hydrogens (tertiary/aromatic N) is 2. The largest absolute Gasteiger partial charge is 0.387 e. The van der Waals surface area contributed by atoms with Gasteiger partial charge in [0.05, 0.1) is 12.3 Å². The number of amidine groups is 1. The van der Waals surface area contributed by atoms with Crippen LogP contribution in [0.2, 0.25) is 0 Å². The summed E-state index contributed by atoms with van der Waals surface area (Å²) in [6.45, 7) is 3.28. The molecule has 2 aromatic rings. The van der Waals surface area contributed by atoms with E-state index in [2.05, 4.69) is 34.3 Å². The average Bonchev–Trinajstić information content (AvgIpc) is 2.70. The first-order valence-electron chi connectivity index (χ1n) is 7.41. The molecule has 0 saturated carbocycles. The molecule has 0 fully saturated rings. The topological polar surface area (TPSA) is 60.5 Å². The third-order valence-corrected chi connectivity index (χ3v) is 3.55. The predicted molar refractivity (Wildman–Crippen MR) is 90.0 cm³/mol. The van der Waals surface area contributed by atoms with Crippen LogP contribution < -0.4 is 5.73 Å². The molecule has 0 spiro atoms. The minimum absolute atomic E-state index is 0.594. The van der Waals surface area contributed by atoms with Crippen molar-refractivity contribution in [1.82, 2.24) is 4.98 Å². The van der Waals surface area contributed by atoms with Gasteiger partial charge in [0.1, 0.15) is 5.84 Å². The van der Waals surface area contributed by atoms with Gasteiger partial charge in [-0.1, -0.05) is 24.3 Å². The molecule has 1 aromatic carbocycles. The molecule has 1 aromatic heterocycles. The minimum atomic E-state index is 0.594. The second-order valence-electron chi connectivity index (χ2n) is 5.23. The Morgan fingerprint density at radius 1 is 1.23 bits per heavy atom. The van der Waals surface area contributed by atoms with Crippen LogP contribution in [0.25, 0.3) is 17.2 Å². The van der Waals surface area contributed by atoms with E-state index >= 15 is 0 Å². The lowest BCUT2D eigenvalue weighted by Crippen LogP contribution is -2.13. The Morgan fingerprint density at radius 2 is 2.14 bits per heavy atom. The van der Waals surface area contributed by atoms with E-state index in [1.165, 1.54) is 0 Å². The van der Waals surface area contributed by atoms with Crippen LogP contribution in [-0.2, 0) is 4.74 Å². The van der Waals surface area contributed by atoms with Crippen molar-refractivity contribution in [3.05, 3.63) is 53.9 Å². The van der Waals surface area contributed by atoms with Crippen molar-refractivity contribution in [1.29, 1.82) is 0 Å². The summed E-state index contributed by atoms with van der Waals surface area (Å²) in [7, 11) is 0. The van der Waals surface area contributed by atoms with E-state index in [0.717, 1.165) is 28.0 Å². The van der Waals surface area contributed by atoms with Crippen LogP contribution in [0.5, 0.6) is 0 Å². The molecule has 0 atom stereocenters. The summed E-state index contributed by atoms with van der Waals surface area (Å²) >= 11 is 0. The van der Waals surface area contributed by atoms with Crippen molar-refractivity contribution in [3.63, 3.8) is 0 Å². The Morgan fingerprint density at radius 3 is 2.91 bits per heavy atom. The number of rotatable bonds is 4. The Bertz CT molecular complexity index is 720. The number of hydrogen-bond acceptors (Lipinski definition) is 4. The van der Waals surface area contributed by atoms with Crippen LogP contribution >= 0.6 is 0 Å². The molecule has 0 saturated heterocycles. The molecule has 112 valence electrons. The normalized spacial score (nSPS) is 13.9. The van der Waals surface area contributed by atoms with Gasteiger partial charge in [-0.2, -0.15) is 0 Å². The number of pyridine rings is 1. The lowest BCUT2D eigenvalue weighted by atomic mass is 10.0. The predicted octanol–water partition coefficient (Wildman–Crippen LogP) is 3.56. The summed E-state index contributed by atoms with van der Waals surface area (Å²) in [6, 6.07) is 10.2. The first-order valence-corrected chi connectivity index (χ1v) is 7.41. The molecule has 2 heterocycles. The molecule has 0 amide bonds. The highest BCUT2D eigenvalue weighted by Gasteiger charge is 2.11. The maximum Gasteiger partial charge on any atom is 0.104 e. The highest BCUT2D eigenvalue weighted by molar-refractivity contribution is 5.90. The fraction of sp³-hybridized carbons (Fsp3) is 0.222. The van der Waals surface area contributed by atoms with Crippen molar-refractivity contribution < 1.29 is 4.74 Å². The van der Waals surface area contributed by atoms with Crippen molar-refractivity contribution >= 4 is 17.6 Å². The van der Waals surface area contributed by atoms with Gasteiger partial charge in [0.15, 0.2) is 0 Å². The average molecular weight is 293 g/mol.